The number of aromatic hydroxyl groups is 4. The van der Waals surface area contributed by atoms with Crippen LogP contribution < -0.4 is 19.7 Å². The van der Waals surface area contributed by atoms with E-state index in [0.29, 0.717) is 24.3 Å². The molecular formula is C18H14F6N2O10S2-2. The minimum absolute atomic E-state index is 0.339. The first-order valence-corrected chi connectivity index (χ1v) is 12.7. The van der Waals surface area contributed by atoms with Crippen LogP contribution in [0.15, 0.2) is 24.3 Å². The normalized spacial score (nSPS) is 22.5. The van der Waals surface area contributed by atoms with Crippen molar-refractivity contribution in [3.63, 3.8) is 0 Å². The number of phenols is 4. The Morgan fingerprint density at radius 1 is 0.658 bits per heavy atom. The number of benzene rings is 2. The molecule has 20 heteroatoms. The third-order valence-electron chi connectivity index (χ3n) is 5.47. The molecular weight excluding hydrogens is 582 g/mol. The number of phenolic OH excluding ortho intramolecular Hbond substituents is 4. The zero-order valence-electron chi connectivity index (χ0n) is 17.9. The Bertz CT molecular complexity index is 1440. The molecule has 1 saturated carbocycles. The summed E-state index contributed by atoms with van der Waals surface area (Å²) in [6.45, 7) is 0. The van der Waals surface area contributed by atoms with Crippen molar-refractivity contribution in [2.45, 2.75) is 35.1 Å². The van der Waals surface area contributed by atoms with Crippen molar-refractivity contribution in [2.75, 3.05) is 9.44 Å². The highest BCUT2D eigenvalue weighted by molar-refractivity contribution is 7.93. The first-order chi connectivity index (χ1) is 17.1. The highest BCUT2D eigenvalue weighted by atomic mass is 32.2. The van der Waals surface area contributed by atoms with E-state index in [9.17, 15) is 73.8 Å². The maximum Gasteiger partial charge on any atom is 0.516 e. The fourth-order valence-corrected chi connectivity index (χ4v) is 4.95. The third-order valence-corrected chi connectivity index (χ3v) is 7.68. The first kappa shape index (κ1) is 29.2. The summed E-state index contributed by atoms with van der Waals surface area (Å²) < 4.78 is 124. The van der Waals surface area contributed by atoms with E-state index in [1.807, 2.05) is 0 Å². The van der Waals surface area contributed by atoms with Gasteiger partial charge >= 0.3 is 31.1 Å². The van der Waals surface area contributed by atoms with Gasteiger partial charge in [0, 0.05) is 35.4 Å². The van der Waals surface area contributed by atoms with Crippen LogP contribution in [0.5, 0.6) is 23.0 Å². The van der Waals surface area contributed by atoms with Gasteiger partial charge in [0.05, 0.1) is 11.4 Å². The highest BCUT2D eigenvalue weighted by Gasteiger charge is 2.49. The Morgan fingerprint density at radius 3 is 1.50 bits per heavy atom. The smallest absolute Gasteiger partial charge is 0.516 e. The Hall–Kier alpha value is -3.36. The van der Waals surface area contributed by atoms with Crippen molar-refractivity contribution in [3.05, 3.63) is 35.4 Å². The van der Waals surface area contributed by atoms with E-state index in [0.717, 1.165) is 9.44 Å². The standard InChI is InChI=1S/C18H14F6N2O10S2/c19-17(20,21)37(33,34)25-5-1-8(28)12(9(29)2-5)14-15(31)13(16(14)32)11-7(3-6(27)4-10(11)30)26-38(35,36)18(22,23)24/h1-4,13-16,25-30H/q-2. The maximum atomic E-state index is 12.9. The van der Waals surface area contributed by atoms with Gasteiger partial charge in [0.2, 0.25) is 0 Å². The van der Waals surface area contributed by atoms with Crippen LogP contribution in [-0.4, -0.2) is 60.5 Å². The van der Waals surface area contributed by atoms with Gasteiger partial charge in [-0.3, -0.25) is 9.44 Å². The fourth-order valence-electron chi connectivity index (χ4n) is 3.83. The van der Waals surface area contributed by atoms with E-state index in [1.54, 1.807) is 0 Å². The maximum absolute atomic E-state index is 12.9. The lowest BCUT2D eigenvalue weighted by atomic mass is 9.62. The largest absolute Gasteiger partial charge is 0.851 e. The Morgan fingerprint density at radius 2 is 1.05 bits per heavy atom. The van der Waals surface area contributed by atoms with Gasteiger partial charge in [-0.25, -0.2) is 0 Å². The predicted molar refractivity (Wildman–Crippen MR) is 110 cm³/mol. The average Bonchev–Trinajstić information content (AvgIpc) is 2.70. The molecule has 2 aromatic rings. The lowest BCUT2D eigenvalue weighted by molar-refractivity contribution is -0.536. The Kier molecular flexibility index (Phi) is 7.02. The molecule has 0 aliphatic heterocycles. The number of halogens is 6. The van der Waals surface area contributed by atoms with E-state index in [4.69, 9.17) is 0 Å². The van der Waals surface area contributed by atoms with Gasteiger partial charge < -0.3 is 30.6 Å². The molecule has 0 saturated heterocycles. The molecule has 1 aliphatic rings. The average molecular weight is 596 g/mol. The van der Waals surface area contributed by atoms with Crippen molar-refractivity contribution in [2.24, 2.45) is 0 Å². The second-order valence-corrected chi connectivity index (χ2v) is 11.3. The summed E-state index contributed by atoms with van der Waals surface area (Å²) in [6, 6.07) is 1.55. The van der Waals surface area contributed by atoms with Crippen LogP contribution in [-0.2, 0) is 20.0 Å². The van der Waals surface area contributed by atoms with Crippen LogP contribution in [0.25, 0.3) is 0 Å². The monoisotopic (exact) mass is 596 g/mol. The van der Waals surface area contributed by atoms with Crippen LogP contribution in [0, 0.1) is 0 Å². The molecule has 0 aromatic heterocycles. The van der Waals surface area contributed by atoms with Crippen molar-refractivity contribution in [1.82, 2.24) is 0 Å². The van der Waals surface area contributed by atoms with Crippen molar-refractivity contribution in [1.29, 1.82) is 0 Å². The minimum Gasteiger partial charge on any atom is -0.851 e. The summed E-state index contributed by atoms with van der Waals surface area (Å²) in [6.07, 6.45) is -4.62. The van der Waals surface area contributed by atoms with Gasteiger partial charge in [0.25, 0.3) is 0 Å². The molecule has 1 aliphatic carbocycles. The SMILES string of the molecule is O=S(=O)(Nc1cc(O)c(C2C([O-])C(c3c(O)cc(O)cc3NS(=O)(=O)C(F)(F)F)C2[O-])c(O)c1)C(F)(F)F. The lowest BCUT2D eigenvalue weighted by Crippen LogP contribution is -2.63. The molecule has 0 radical (unpaired) electrons. The van der Waals surface area contributed by atoms with Gasteiger partial charge in [-0.05, 0) is 11.8 Å². The molecule has 212 valence electrons. The molecule has 12 nitrogen and oxygen atoms in total. The second kappa shape index (κ2) is 9.13. The molecule has 38 heavy (non-hydrogen) atoms. The highest BCUT2D eigenvalue weighted by Crippen LogP contribution is 2.54. The summed E-state index contributed by atoms with van der Waals surface area (Å²) in [5, 5.41) is 65.7. The topological polar surface area (TPSA) is 219 Å². The number of rotatable bonds is 6. The third kappa shape index (κ3) is 5.02. The zero-order valence-corrected chi connectivity index (χ0v) is 19.6. The molecule has 2 atom stereocenters. The number of alkyl halides is 6. The van der Waals surface area contributed by atoms with Crippen LogP contribution in [0.1, 0.15) is 23.0 Å². The number of nitrogens with one attached hydrogen (secondary N) is 2. The van der Waals surface area contributed by atoms with Crippen molar-refractivity contribution < 1.29 is 73.8 Å². The molecule has 6 N–H and O–H groups in total. The predicted octanol–water partition coefficient (Wildman–Crippen LogP) is 0.371. The molecule has 1 fully saturated rings. The van der Waals surface area contributed by atoms with E-state index < -0.39 is 101 Å². The Balaban J connectivity index is 2.00. The number of hydrogen-bond acceptors (Lipinski definition) is 10. The van der Waals surface area contributed by atoms with Crippen LogP contribution in [0.4, 0.5) is 37.7 Å². The molecule has 0 heterocycles. The summed E-state index contributed by atoms with van der Waals surface area (Å²) in [5.41, 5.74) is -15.6. The van der Waals surface area contributed by atoms with E-state index in [-0.39, 0.29) is 0 Å². The molecule has 2 aromatic carbocycles. The molecule has 0 spiro atoms. The zero-order chi connectivity index (χ0) is 29.2. The first-order valence-electron chi connectivity index (χ1n) is 9.70. The summed E-state index contributed by atoms with van der Waals surface area (Å²) in [7, 11) is -12.2. The molecule has 0 amide bonds. The molecule has 3 rings (SSSR count). The molecule has 0 bridgehead atoms. The summed E-state index contributed by atoms with van der Waals surface area (Å²) in [4.78, 5) is 0. The minimum atomic E-state index is -6.16. The quantitative estimate of drug-likeness (QED) is 0.252. The van der Waals surface area contributed by atoms with E-state index in [1.165, 1.54) is 0 Å². The van der Waals surface area contributed by atoms with E-state index in [2.05, 4.69) is 0 Å². The van der Waals surface area contributed by atoms with Gasteiger partial charge in [-0.2, -0.15) is 43.2 Å². The summed E-state index contributed by atoms with van der Waals surface area (Å²) >= 11 is 0. The van der Waals surface area contributed by atoms with Crippen LogP contribution >= 0.6 is 0 Å². The second-order valence-electron chi connectivity index (χ2n) is 7.94. The molecule has 2 unspecified atom stereocenters. The number of sulfonamides is 2. The van der Waals surface area contributed by atoms with Gasteiger partial charge in [-0.15, -0.1) is 12.2 Å². The summed E-state index contributed by atoms with van der Waals surface area (Å²) in [5.74, 6) is -8.49. The van der Waals surface area contributed by atoms with E-state index >= 15 is 0 Å². The van der Waals surface area contributed by atoms with Crippen LogP contribution in [0.3, 0.4) is 0 Å². The number of anilines is 2. The van der Waals surface area contributed by atoms with Gasteiger partial charge in [-0.1, -0.05) is 0 Å². The van der Waals surface area contributed by atoms with Crippen LogP contribution in [0.2, 0.25) is 0 Å². The van der Waals surface area contributed by atoms with Crippen molar-refractivity contribution >= 4 is 31.4 Å². The van der Waals surface area contributed by atoms with Crippen molar-refractivity contribution in [3.8, 4) is 23.0 Å². The van der Waals surface area contributed by atoms with Gasteiger partial charge in [0.15, 0.2) is 0 Å². The van der Waals surface area contributed by atoms with Gasteiger partial charge in [0.1, 0.15) is 23.0 Å². The lowest BCUT2D eigenvalue weighted by Gasteiger charge is -2.61. The Labute approximate surface area is 208 Å². The fraction of sp³-hybridized carbons (Fsp3) is 0.333. The number of hydrogen-bond donors (Lipinski definition) is 6.